The van der Waals surface area contributed by atoms with Crippen LogP contribution >= 0.6 is 0 Å². The van der Waals surface area contributed by atoms with Gasteiger partial charge in [0.25, 0.3) is 5.91 Å². The second-order valence-corrected chi connectivity index (χ2v) is 7.54. The number of amides is 3. The highest BCUT2D eigenvalue weighted by atomic mass is 16.2. The lowest BCUT2D eigenvalue weighted by molar-refractivity contribution is -0.152. The topological polar surface area (TPSA) is 69.7 Å². The molecule has 0 unspecified atom stereocenters. The molecule has 2 heterocycles. The number of benzene rings is 1. The molecule has 3 rings (SSSR count). The van der Waals surface area contributed by atoms with Crippen molar-refractivity contribution in [3.8, 4) is 0 Å². The van der Waals surface area contributed by atoms with E-state index in [1.54, 1.807) is 9.80 Å². The summed E-state index contributed by atoms with van der Waals surface area (Å²) >= 11 is 0. The van der Waals surface area contributed by atoms with Crippen molar-refractivity contribution in [2.24, 2.45) is 5.92 Å². The lowest BCUT2D eigenvalue weighted by Crippen LogP contribution is -2.69. The van der Waals surface area contributed by atoms with Gasteiger partial charge in [0.1, 0.15) is 12.1 Å². The highest BCUT2D eigenvalue weighted by Gasteiger charge is 2.44. The van der Waals surface area contributed by atoms with E-state index in [2.05, 4.69) is 12.2 Å². The van der Waals surface area contributed by atoms with Crippen LogP contribution in [0.5, 0.6) is 0 Å². The first kappa shape index (κ1) is 18.4. The van der Waals surface area contributed by atoms with Crippen molar-refractivity contribution in [3.63, 3.8) is 0 Å². The van der Waals surface area contributed by atoms with Crippen LogP contribution in [-0.4, -0.2) is 59.2 Å². The maximum atomic E-state index is 12.8. The molecular weight excluding hydrogens is 330 g/mol. The molecule has 0 saturated carbocycles. The molecule has 26 heavy (non-hydrogen) atoms. The van der Waals surface area contributed by atoms with Gasteiger partial charge in [0, 0.05) is 18.7 Å². The number of carbonyl (C=O) groups excluding carboxylic acids is 3. The number of piperazine rings is 2. The molecule has 6 heteroatoms. The molecule has 140 valence electrons. The van der Waals surface area contributed by atoms with Crippen LogP contribution in [-0.2, 0) is 16.0 Å². The summed E-state index contributed by atoms with van der Waals surface area (Å²) in [4.78, 5) is 41.3. The van der Waals surface area contributed by atoms with E-state index in [1.807, 2.05) is 38.1 Å². The lowest BCUT2D eigenvalue weighted by atomic mass is 9.97. The largest absolute Gasteiger partial charge is 0.342 e. The zero-order valence-electron chi connectivity index (χ0n) is 15.7. The second-order valence-electron chi connectivity index (χ2n) is 7.54. The number of aryl methyl sites for hydroxylation is 1. The minimum atomic E-state index is -0.585. The van der Waals surface area contributed by atoms with Gasteiger partial charge >= 0.3 is 0 Å². The molecule has 0 bridgehead atoms. The zero-order valence-corrected chi connectivity index (χ0v) is 15.7. The van der Waals surface area contributed by atoms with Crippen molar-refractivity contribution >= 4 is 17.7 Å². The summed E-state index contributed by atoms with van der Waals surface area (Å²) in [5.41, 5.74) is 1.80. The molecular formula is C20H27N3O3. The normalized spacial score (nSPS) is 23.1. The number of rotatable bonds is 4. The summed E-state index contributed by atoms with van der Waals surface area (Å²) in [7, 11) is 0. The minimum absolute atomic E-state index is 0.0253. The molecule has 0 spiro atoms. The molecule has 6 nitrogen and oxygen atoms in total. The van der Waals surface area contributed by atoms with Crippen molar-refractivity contribution in [1.82, 2.24) is 15.1 Å². The van der Waals surface area contributed by atoms with Crippen LogP contribution in [0, 0.1) is 5.92 Å². The Morgan fingerprint density at radius 2 is 1.88 bits per heavy atom. The summed E-state index contributed by atoms with van der Waals surface area (Å²) in [6, 6.07) is 6.55. The fraction of sp³-hybridized carbons (Fsp3) is 0.550. The quantitative estimate of drug-likeness (QED) is 0.887. The minimum Gasteiger partial charge on any atom is -0.342 e. The predicted octanol–water partition coefficient (Wildman–Crippen LogP) is 1.45. The molecule has 2 atom stereocenters. The van der Waals surface area contributed by atoms with Gasteiger partial charge in [-0.25, -0.2) is 0 Å². The number of fused-ring (bicyclic) bond motifs is 1. The number of hydrogen-bond donors (Lipinski definition) is 1. The van der Waals surface area contributed by atoms with Crippen LogP contribution in [0.15, 0.2) is 24.3 Å². The van der Waals surface area contributed by atoms with Gasteiger partial charge in [-0.3, -0.25) is 14.4 Å². The van der Waals surface area contributed by atoms with E-state index >= 15 is 0 Å². The van der Waals surface area contributed by atoms with Crippen LogP contribution in [0.4, 0.5) is 0 Å². The Balaban J connectivity index is 1.70. The third-order valence-corrected chi connectivity index (χ3v) is 5.18. The molecule has 0 aliphatic carbocycles. The Hall–Kier alpha value is -2.37. The van der Waals surface area contributed by atoms with Gasteiger partial charge in [-0.05, 0) is 36.5 Å². The summed E-state index contributed by atoms with van der Waals surface area (Å²) in [5.74, 6) is 0.0587. The first-order valence-electron chi connectivity index (χ1n) is 9.39. The Labute approximate surface area is 154 Å². The molecule has 2 aliphatic heterocycles. The van der Waals surface area contributed by atoms with E-state index in [-0.39, 0.29) is 24.3 Å². The van der Waals surface area contributed by atoms with Gasteiger partial charge in [-0.1, -0.05) is 32.9 Å². The summed E-state index contributed by atoms with van der Waals surface area (Å²) < 4.78 is 0. The highest BCUT2D eigenvalue weighted by molar-refractivity contribution is 5.99. The van der Waals surface area contributed by atoms with Gasteiger partial charge < -0.3 is 15.1 Å². The summed E-state index contributed by atoms with van der Waals surface area (Å²) in [6.07, 6.45) is 1.56. The van der Waals surface area contributed by atoms with Gasteiger partial charge in [-0.15, -0.1) is 0 Å². The SMILES string of the molecule is CCc1ccc(C(=O)N2CCN3C(=O)[C@H](CC(C)C)NC(=O)[C@H]3C2)cc1. The van der Waals surface area contributed by atoms with Crippen molar-refractivity contribution in [2.75, 3.05) is 19.6 Å². The van der Waals surface area contributed by atoms with E-state index in [0.29, 0.717) is 31.0 Å². The van der Waals surface area contributed by atoms with Crippen LogP contribution in [0.25, 0.3) is 0 Å². The zero-order chi connectivity index (χ0) is 18.8. The third-order valence-electron chi connectivity index (χ3n) is 5.18. The van der Waals surface area contributed by atoms with E-state index in [1.165, 1.54) is 5.56 Å². The van der Waals surface area contributed by atoms with E-state index in [0.717, 1.165) is 6.42 Å². The molecule has 1 N–H and O–H groups in total. The van der Waals surface area contributed by atoms with Crippen molar-refractivity contribution in [3.05, 3.63) is 35.4 Å². The van der Waals surface area contributed by atoms with Crippen LogP contribution in [0.3, 0.4) is 0 Å². The molecule has 1 aromatic carbocycles. The van der Waals surface area contributed by atoms with Gasteiger partial charge in [0.2, 0.25) is 11.8 Å². The standard InChI is InChI=1S/C20H27N3O3/c1-4-14-5-7-15(8-6-14)19(25)22-9-10-23-17(12-22)18(24)21-16(20(23)26)11-13(2)3/h5-8,13,16-17H,4,9-12H2,1-3H3,(H,21,24)/t16-,17+/m0/s1. The lowest BCUT2D eigenvalue weighted by Gasteiger charge is -2.45. The van der Waals surface area contributed by atoms with Crippen LogP contribution in [0.1, 0.15) is 43.1 Å². The summed E-state index contributed by atoms with van der Waals surface area (Å²) in [6.45, 7) is 7.25. The maximum absolute atomic E-state index is 12.8. The molecule has 2 fully saturated rings. The predicted molar refractivity (Wildman–Crippen MR) is 98.6 cm³/mol. The fourth-order valence-corrected chi connectivity index (χ4v) is 3.68. The van der Waals surface area contributed by atoms with E-state index in [4.69, 9.17) is 0 Å². The molecule has 2 saturated heterocycles. The van der Waals surface area contributed by atoms with Crippen molar-refractivity contribution in [2.45, 2.75) is 45.7 Å². The first-order chi connectivity index (χ1) is 12.4. The van der Waals surface area contributed by atoms with E-state index < -0.39 is 12.1 Å². The average Bonchev–Trinajstić information content (AvgIpc) is 2.64. The molecule has 3 amide bonds. The number of nitrogens with one attached hydrogen (secondary N) is 1. The molecule has 0 radical (unpaired) electrons. The fourth-order valence-electron chi connectivity index (χ4n) is 3.68. The van der Waals surface area contributed by atoms with Crippen molar-refractivity contribution < 1.29 is 14.4 Å². The average molecular weight is 357 g/mol. The molecule has 1 aromatic rings. The molecule has 2 aliphatic rings. The van der Waals surface area contributed by atoms with E-state index in [9.17, 15) is 14.4 Å². The number of nitrogens with zero attached hydrogens (tertiary/aromatic N) is 2. The van der Waals surface area contributed by atoms with Gasteiger partial charge in [0.15, 0.2) is 0 Å². The van der Waals surface area contributed by atoms with Crippen molar-refractivity contribution in [1.29, 1.82) is 0 Å². The third kappa shape index (κ3) is 3.59. The Morgan fingerprint density at radius 3 is 2.50 bits per heavy atom. The number of carbonyl (C=O) groups is 3. The molecule has 0 aromatic heterocycles. The van der Waals surface area contributed by atoms with Crippen LogP contribution < -0.4 is 5.32 Å². The summed E-state index contributed by atoms with van der Waals surface area (Å²) in [5, 5.41) is 2.84. The first-order valence-corrected chi connectivity index (χ1v) is 9.39. The number of hydrogen-bond acceptors (Lipinski definition) is 3. The highest BCUT2D eigenvalue weighted by Crippen LogP contribution is 2.21. The Kier molecular flexibility index (Phi) is 5.30. The maximum Gasteiger partial charge on any atom is 0.253 e. The van der Waals surface area contributed by atoms with Gasteiger partial charge in [0.05, 0.1) is 6.54 Å². The van der Waals surface area contributed by atoms with Gasteiger partial charge in [-0.2, -0.15) is 0 Å². The Bertz CT molecular complexity index is 699. The second kappa shape index (κ2) is 7.48. The van der Waals surface area contributed by atoms with Crippen LogP contribution in [0.2, 0.25) is 0 Å². The smallest absolute Gasteiger partial charge is 0.253 e. The Morgan fingerprint density at radius 1 is 1.19 bits per heavy atom. The monoisotopic (exact) mass is 357 g/mol.